The molecule has 0 aliphatic heterocycles. The van der Waals surface area contributed by atoms with Crippen molar-refractivity contribution in [2.75, 3.05) is 0 Å². The second kappa shape index (κ2) is 5.77. The third-order valence-electron chi connectivity index (χ3n) is 5.94. The van der Waals surface area contributed by atoms with Gasteiger partial charge in [-0.25, -0.2) is 0 Å². The molecule has 1 aromatic carbocycles. The van der Waals surface area contributed by atoms with Gasteiger partial charge in [0.05, 0.1) is 6.42 Å². The largest absolute Gasteiger partial charge is 0.461 e. The van der Waals surface area contributed by atoms with E-state index in [0.29, 0.717) is 22.4 Å². The maximum Gasteiger partial charge on any atom is 0.306 e. The Hall–Kier alpha value is -0.540. The van der Waals surface area contributed by atoms with E-state index in [2.05, 4.69) is 15.9 Å². The molecule has 0 heterocycles. The number of benzene rings is 1. The van der Waals surface area contributed by atoms with Crippen LogP contribution in [0.2, 0.25) is 5.02 Å². The van der Waals surface area contributed by atoms with Gasteiger partial charge in [0.2, 0.25) is 0 Å². The van der Waals surface area contributed by atoms with Crippen LogP contribution in [0.15, 0.2) is 24.3 Å². The zero-order chi connectivity index (χ0) is 16.1. The molecule has 0 amide bonds. The van der Waals surface area contributed by atoms with Crippen molar-refractivity contribution in [3.63, 3.8) is 0 Å². The quantitative estimate of drug-likeness (QED) is 0.495. The van der Waals surface area contributed by atoms with Gasteiger partial charge in [-0.05, 0) is 73.5 Å². The average molecular weight is 398 g/mol. The lowest BCUT2D eigenvalue weighted by Crippen LogP contribution is -2.53. The lowest BCUT2D eigenvalue weighted by molar-refractivity contribution is -0.152. The van der Waals surface area contributed by atoms with E-state index in [1.807, 2.05) is 24.3 Å². The SMILES string of the molecule is O=C(CC12C[C@@H]3C[C@@H](CC(Br)(C3)C1)C2)OCc1ccc(Cl)cc1. The van der Waals surface area contributed by atoms with Crippen molar-refractivity contribution in [2.24, 2.45) is 17.3 Å². The molecule has 4 aliphatic rings. The summed E-state index contributed by atoms with van der Waals surface area (Å²) in [6.45, 7) is 0.346. The van der Waals surface area contributed by atoms with Gasteiger partial charge in [-0.2, -0.15) is 0 Å². The van der Waals surface area contributed by atoms with Crippen LogP contribution in [0.25, 0.3) is 0 Å². The molecule has 2 nitrogen and oxygen atoms in total. The molecule has 4 bridgehead atoms. The highest BCUT2D eigenvalue weighted by Crippen LogP contribution is 2.65. The van der Waals surface area contributed by atoms with Gasteiger partial charge < -0.3 is 4.74 Å². The molecule has 5 rings (SSSR count). The maximum absolute atomic E-state index is 12.4. The highest BCUT2D eigenvalue weighted by Gasteiger charge is 2.57. The second-order valence-electron chi connectivity index (χ2n) is 8.08. The summed E-state index contributed by atoms with van der Waals surface area (Å²) >= 11 is 9.88. The number of rotatable bonds is 4. The van der Waals surface area contributed by atoms with Gasteiger partial charge in [-0.15, -0.1) is 0 Å². The van der Waals surface area contributed by atoms with Crippen LogP contribution in [0.4, 0.5) is 0 Å². The Bertz CT molecular complexity index is 598. The third kappa shape index (κ3) is 3.32. The van der Waals surface area contributed by atoms with Crippen LogP contribution in [0.3, 0.4) is 0 Å². The zero-order valence-electron chi connectivity index (χ0n) is 13.2. The summed E-state index contributed by atoms with van der Waals surface area (Å²) in [6, 6.07) is 7.48. The molecule has 23 heavy (non-hydrogen) atoms. The second-order valence-corrected chi connectivity index (χ2v) is 10.2. The number of carbonyl (C=O) groups excluding carboxylic acids is 1. The molecule has 4 atom stereocenters. The smallest absolute Gasteiger partial charge is 0.306 e. The van der Waals surface area contributed by atoms with Crippen molar-refractivity contribution in [1.29, 1.82) is 0 Å². The minimum Gasteiger partial charge on any atom is -0.461 e. The van der Waals surface area contributed by atoms with Crippen LogP contribution in [0.1, 0.15) is 50.5 Å². The molecule has 0 aromatic heterocycles. The summed E-state index contributed by atoms with van der Waals surface area (Å²) in [4.78, 5) is 12.4. The van der Waals surface area contributed by atoms with Crippen LogP contribution >= 0.6 is 27.5 Å². The normalized spacial score (nSPS) is 37.8. The number of carbonyl (C=O) groups is 1. The number of esters is 1. The molecular weight excluding hydrogens is 376 g/mol. The Morgan fingerprint density at radius 2 is 1.83 bits per heavy atom. The minimum atomic E-state index is -0.0435. The van der Waals surface area contributed by atoms with Crippen LogP contribution in [0, 0.1) is 17.3 Å². The van der Waals surface area contributed by atoms with E-state index in [0.717, 1.165) is 23.8 Å². The molecule has 4 fully saturated rings. The number of halogens is 2. The van der Waals surface area contributed by atoms with Crippen LogP contribution in [0.5, 0.6) is 0 Å². The minimum absolute atomic E-state index is 0.0435. The maximum atomic E-state index is 12.4. The first-order chi connectivity index (χ1) is 10.9. The Morgan fingerprint density at radius 3 is 2.43 bits per heavy atom. The molecule has 4 heteroatoms. The van der Waals surface area contributed by atoms with Crippen LogP contribution < -0.4 is 0 Å². The molecular formula is C19H22BrClO2. The summed E-state index contributed by atoms with van der Waals surface area (Å²) in [5.74, 6) is 1.57. The lowest BCUT2D eigenvalue weighted by atomic mass is 9.49. The summed E-state index contributed by atoms with van der Waals surface area (Å²) in [7, 11) is 0. The average Bonchev–Trinajstić information content (AvgIpc) is 2.43. The van der Waals surface area contributed by atoms with E-state index < -0.39 is 0 Å². The van der Waals surface area contributed by atoms with E-state index in [-0.39, 0.29) is 11.4 Å². The Labute approximate surface area is 151 Å². The van der Waals surface area contributed by atoms with Crippen molar-refractivity contribution in [3.8, 4) is 0 Å². The number of alkyl halides is 1. The van der Waals surface area contributed by atoms with Crippen molar-refractivity contribution >= 4 is 33.5 Å². The summed E-state index contributed by atoms with van der Waals surface area (Å²) < 4.78 is 5.84. The summed E-state index contributed by atoms with van der Waals surface area (Å²) in [5, 5.41) is 0.705. The number of ether oxygens (including phenoxy) is 1. The topological polar surface area (TPSA) is 26.3 Å². The number of hydrogen-bond acceptors (Lipinski definition) is 2. The summed E-state index contributed by atoms with van der Waals surface area (Å²) in [6.07, 6.45) is 8.12. The zero-order valence-corrected chi connectivity index (χ0v) is 15.5. The van der Waals surface area contributed by atoms with Gasteiger partial charge in [0.1, 0.15) is 6.61 Å². The monoisotopic (exact) mass is 396 g/mol. The Kier molecular flexibility index (Phi) is 4.00. The highest BCUT2D eigenvalue weighted by molar-refractivity contribution is 9.10. The lowest BCUT2D eigenvalue weighted by Gasteiger charge is -2.60. The van der Waals surface area contributed by atoms with Gasteiger partial charge in [-0.3, -0.25) is 4.79 Å². The fourth-order valence-electron chi connectivity index (χ4n) is 5.64. The molecule has 4 saturated carbocycles. The predicted octanol–water partition coefficient (Wildman–Crippen LogP) is 5.51. The van der Waals surface area contributed by atoms with E-state index in [1.165, 1.54) is 32.1 Å². The van der Waals surface area contributed by atoms with E-state index in [4.69, 9.17) is 16.3 Å². The molecule has 0 spiro atoms. The van der Waals surface area contributed by atoms with E-state index in [9.17, 15) is 4.79 Å². The first-order valence-corrected chi connectivity index (χ1v) is 9.70. The fourth-order valence-corrected chi connectivity index (χ4v) is 7.28. The summed E-state index contributed by atoms with van der Waals surface area (Å²) in [5.41, 5.74) is 1.18. The Morgan fingerprint density at radius 1 is 1.17 bits per heavy atom. The number of hydrogen-bond donors (Lipinski definition) is 0. The van der Waals surface area contributed by atoms with Crippen LogP contribution in [-0.2, 0) is 16.1 Å². The van der Waals surface area contributed by atoms with Crippen molar-refractivity contribution < 1.29 is 9.53 Å². The van der Waals surface area contributed by atoms with Gasteiger partial charge in [0, 0.05) is 9.35 Å². The van der Waals surface area contributed by atoms with E-state index >= 15 is 0 Å². The third-order valence-corrected chi connectivity index (χ3v) is 7.12. The van der Waals surface area contributed by atoms with Gasteiger partial charge in [0.15, 0.2) is 0 Å². The molecule has 2 unspecified atom stereocenters. The first kappa shape index (κ1) is 16.0. The Balaban J connectivity index is 1.38. The van der Waals surface area contributed by atoms with Gasteiger partial charge in [0.25, 0.3) is 0 Å². The van der Waals surface area contributed by atoms with E-state index in [1.54, 1.807) is 0 Å². The fraction of sp³-hybridized carbons (Fsp3) is 0.632. The van der Waals surface area contributed by atoms with Crippen molar-refractivity contribution in [3.05, 3.63) is 34.9 Å². The molecule has 0 radical (unpaired) electrons. The van der Waals surface area contributed by atoms with Gasteiger partial charge in [-0.1, -0.05) is 39.7 Å². The predicted molar refractivity (Wildman–Crippen MR) is 94.6 cm³/mol. The van der Waals surface area contributed by atoms with Gasteiger partial charge >= 0.3 is 5.97 Å². The molecule has 1 aromatic rings. The van der Waals surface area contributed by atoms with Crippen molar-refractivity contribution in [1.82, 2.24) is 0 Å². The molecule has 0 N–H and O–H groups in total. The van der Waals surface area contributed by atoms with Crippen molar-refractivity contribution in [2.45, 2.75) is 55.9 Å². The van der Waals surface area contributed by atoms with Crippen LogP contribution in [-0.4, -0.2) is 10.3 Å². The standard InChI is InChI=1S/C19H22BrClO2/c20-19-8-14-5-15(9-19)7-18(6-14,12-19)10-17(22)23-11-13-1-3-16(21)4-2-13/h1-4,14-15H,5-12H2/t14-,15+,18?,19?. The molecule has 4 aliphatic carbocycles. The molecule has 0 saturated heterocycles. The molecule has 124 valence electrons. The first-order valence-electron chi connectivity index (χ1n) is 8.53. The highest BCUT2D eigenvalue weighted by atomic mass is 79.9.